The molecule has 42 heavy (non-hydrogen) atoms. The van der Waals surface area contributed by atoms with Crippen molar-refractivity contribution in [3.05, 3.63) is 60.2 Å². The van der Waals surface area contributed by atoms with Crippen molar-refractivity contribution in [2.45, 2.75) is 77.6 Å². The zero-order chi connectivity index (χ0) is 30.9. The van der Waals surface area contributed by atoms with Crippen molar-refractivity contribution in [2.75, 3.05) is 19.0 Å². The average molecular weight is 597 g/mol. The number of thiocarbonyl (C=S) groups is 1. The summed E-state index contributed by atoms with van der Waals surface area (Å²) in [6, 6.07) is 14.4. The van der Waals surface area contributed by atoms with Crippen LogP contribution < -0.4 is 26.0 Å². The number of epoxide rings is 1. The summed E-state index contributed by atoms with van der Waals surface area (Å²) in [6.45, 7) is 10.1. The lowest BCUT2D eigenvalue weighted by molar-refractivity contribution is -0.133. The Morgan fingerprint density at radius 2 is 1.40 bits per heavy atom. The van der Waals surface area contributed by atoms with Gasteiger partial charge in [-0.2, -0.15) is 0 Å². The number of hydrogen-bond acceptors (Lipinski definition) is 6. The molecule has 2 aromatic carbocycles. The zero-order valence-corrected chi connectivity index (χ0v) is 26.2. The molecule has 3 unspecified atom stereocenters. The number of ether oxygens (including phenoxy) is 2. The average Bonchev–Trinajstić information content (AvgIpc) is 3.70. The van der Waals surface area contributed by atoms with Crippen LogP contribution in [0.1, 0.15) is 53.0 Å². The summed E-state index contributed by atoms with van der Waals surface area (Å²) in [7, 11) is 1.60. The molecule has 0 saturated carbocycles. The lowest BCUT2D eigenvalue weighted by atomic mass is 9.93. The Morgan fingerprint density at radius 1 is 0.857 bits per heavy atom. The number of amides is 2. The van der Waals surface area contributed by atoms with Crippen LogP contribution in [0.3, 0.4) is 0 Å². The third-order valence-corrected chi connectivity index (χ3v) is 7.25. The summed E-state index contributed by atoms with van der Waals surface area (Å²) in [6.07, 6.45) is 1.22. The molecule has 9 nitrogen and oxygen atoms in total. The number of ketones is 1. The molecule has 0 bridgehead atoms. The minimum absolute atomic E-state index is 0.149. The van der Waals surface area contributed by atoms with Crippen LogP contribution in [0, 0.1) is 11.8 Å². The van der Waals surface area contributed by atoms with Gasteiger partial charge in [0.2, 0.25) is 11.8 Å². The second-order valence-electron chi connectivity index (χ2n) is 11.8. The summed E-state index contributed by atoms with van der Waals surface area (Å²) in [5.74, 6) is 0.132. The topological polar surface area (TPSA) is 121 Å². The van der Waals surface area contributed by atoms with E-state index in [9.17, 15) is 14.4 Å². The highest BCUT2D eigenvalue weighted by Crippen LogP contribution is 2.29. The first-order chi connectivity index (χ1) is 19.9. The van der Waals surface area contributed by atoms with Gasteiger partial charge in [0.15, 0.2) is 10.9 Å². The van der Waals surface area contributed by atoms with Crippen molar-refractivity contribution in [2.24, 2.45) is 11.8 Å². The molecule has 3 rings (SSSR count). The fraction of sp³-hybridized carbons (Fsp3) is 0.500. The van der Waals surface area contributed by atoms with Crippen LogP contribution in [-0.2, 0) is 25.5 Å². The highest BCUT2D eigenvalue weighted by Gasteiger charge is 2.50. The SMILES string of the molecule is COc1ccc(NC(=S)NC(CC(C)C)C(=O)N[C@@H](Cc2ccccc2)C(=O)NC(CC(C)C)C(=O)C2(C)CO2)cc1. The normalized spacial score (nSPS) is 18.0. The van der Waals surface area contributed by atoms with Gasteiger partial charge >= 0.3 is 0 Å². The predicted molar refractivity (Wildman–Crippen MR) is 168 cm³/mol. The Balaban J connectivity index is 1.76. The molecule has 10 heteroatoms. The molecule has 228 valence electrons. The largest absolute Gasteiger partial charge is 0.497 e. The minimum atomic E-state index is -0.908. The summed E-state index contributed by atoms with van der Waals surface area (Å²) in [5.41, 5.74) is 0.754. The van der Waals surface area contributed by atoms with Crippen molar-refractivity contribution in [1.29, 1.82) is 0 Å². The van der Waals surface area contributed by atoms with Gasteiger partial charge < -0.3 is 30.7 Å². The van der Waals surface area contributed by atoms with Crippen LogP contribution >= 0.6 is 12.2 Å². The lowest BCUT2D eigenvalue weighted by Gasteiger charge is -2.27. The Bertz CT molecular complexity index is 1220. The second kappa shape index (κ2) is 15.1. The number of carbonyl (C=O) groups excluding carboxylic acids is 3. The summed E-state index contributed by atoms with van der Waals surface area (Å²) in [4.78, 5) is 40.5. The van der Waals surface area contributed by atoms with E-state index >= 15 is 0 Å². The first kappa shape index (κ1) is 33.0. The zero-order valence-electron chi connectivity index (χ0n) is 25.4. The summed E-state index contributed by atoms with van der Waals surface area (Å²) >= 11 is 5.52. The highest BCUT2D eigenvalue weighted by atomic mass is 32.1. The molecule has 2 amide bonds. The molecule has 4 atom stereocenters. The monoisotopic (exact) mass is 596 g/mol. The lowest BCUT2D eigenvalue weighted by Crippen LogP contribution is -2.57. The first-order valence-corrected chi connectivity index (χ1v) is 14.9. The summed E-state index contributed by atoms with van der Waals surface area (Å²) in [5, 5.41) is 12.4. The minimum Gasteiger partial charge on any atom is -0.497 e. The molecule has 0 aromatic heterocycles. The van der Waals surface area contributed by atoms with E-state index in [1.165, 1.54) is 0 Å². The molecule has 0 spiro atoms. The van der Waals surface area contributed by atoms with E-state index in [1.54, 1.807) is 14.0 Å². The standard InChI is InChI=1S/C32H44N4O5S/c1-20(2)16-25(28(37)32(5)19-41-32)34-30(39)27(18-22-10-8-7-9-11-22)35-29(38)26(17-21(3)4)36-31(42)33-23-12-14-24(40-6)15-13-23/h7-15,20-21,25-27H,16-19H2,1-6H3,(H,34,39)(H,35,38)(H2,33,36,42)/t25?,26?,27-,32?/m0/s1. The van der Waals surface area contributed by atoms with Gasteiger partial charge in [0.1, 0.15) is 23.4 Å². The van der Waals surface area contributed by atoms with Crippen molar-refractivity contribution in [3.63, 3.8) is 0 Å². The van der Waals surface area contributed by atoms with Crippen LogP contribution in [0.25, 0.3) is 0 Å². The van der Waals surface area contributed by atoms with Crippen molar-refractivity contribution in [1.82, 2.24) is 16.0 Å². The molecule has 1 saturated heterocycles. The number of Topliss-reactive ketones (excluding diaryl/α,β-unsaturated/α-hetero) is 1. The quantitative estimate of drug-likeness (QED) is 0.180. The fourth-order valence-electron chi connectivity index (χ4n) is 4.63. The van der Waals surface area contributed by atoms with Crippen LogP contribution in [0.4, 0.5) is 5.69 Å². The number of nitrogens with one attached hydrogen (secondary N) is 4. The number of benzene rings is 2. The van der Waals surface area contributed by atoms with E-state index in [0.717, 1.165) is 17.0 Å². The first-order valence-electron chi connectivity index (χ1n) is 14.4. The molecule has 1 aliphatic rings. The maximum absolute atomic E-state index is 13.7. The van der Waals surface area contributed by atoms with Gasteiger partial charge in [0, 0.05) is 12.1 Å². The Hall–Kier alpha value is -3.50. The van der Waals surface area contributed by atoms with Crippen LogP contribution in [0.15, 0.2) is 54.6 Å². The van der Waals surface area contributed by atoms with E-state index < -0.39 is 29.6 Å². The summed E-state index contributed by atoms with van der Waals surface area (Å²) < 4.78 is 10.6. The molecule has 1 aliphatic heterocycles. The molecule has 4 N–H and O–H groups in total. The van der Waals surface area contributed by atoms with E-state index in [1.807, 2.05) is 82.3 Å². The van der Waals surface area contributed by atoms with Crippen molar-refractivity contribution < 1.29 is 23.9 Å². The van der Waals surface area contributed by atoms with Gasteiger partial charge in [-0.25, -0.2) is 0 Å². The Morgan fingerprint density at radius 3 is 1.95 bits per heavy atom. The number of rotatable bonds is 15. The molecule has 0 radical (unpaired) electrons. The van der Waals surface area contributed by atoms with Gasteiger partial charge in [-0.05, 0) is 73.6 Å². The van der Waals surface area contributed by atoms with Crippen LogP contribution in [0.5, 0.6) is 5.75 Å². The van der Waals surface area contributed by atoms with Gasteiger partial charge in [-0.1, -0.05) is 58.0 Å². The molecule has 2 aromatic rings. The molecular weight excluding hydrogens is 552 g/mol. The van der Waals surface area contributed by atoms with E-state index in [0.29, 0.717) is 19.4 Å². The van der Waals surface area contributed by atoms with Gasteiger partial charge in [-0.3, -0.25) is 14.4 Å². The fourth-order valence-corrected chi connectivity index (χ4v) is 4.89. The molecular formula is C32H44N4O5S. The van der Waals surface area contributed by atoms with E-state index in [4.69, 9.17) is 21.7 Å². The third-order valence-electron chi connectivity index (χ3n) is 7.03. The Kier molecular flexibility index (Phi) is 11.9. The second-order valence-corrected chi connectivity index (χ2v) is 12.2. The van der Waals surface area contributed by atoms with Crippen molar-refractivity contribution in [3.8, 4) is 5.75 Å². The van der Waals surface area contributed by atoms with Gasteiger partial charge in [-0.15, -0.1) is 0 Å². The van der Waals surface area contributed by atoms with E-state index in [-0.39, 0.29) is 35.1 Å². The molecule has 1 fully saturated rings. The Labute approximate surface area is 254 Å². The molecule has 1 heterocycles. The number of carbonyl (C=O) groups is 3. The number of hydrogen-bond donors (Lipinski definition) is 4. The van der Waals surface area contributed by atoms with Gasteiger partial charge in [0.05, 0.1) is 19.8 Å². The van der Waals surface area contributed by atoms with Crippen LogP contribution in [0.2, 0.25) is 0 Å². The van der Waals surface area contributed by atoms with Crippen molar-refractivity contribution >= 4 is 40.6 Å². The smallest absolute Gasteiger partial charge is 0.243 e. The molecule has 0 aliphatic carbocycles. The third kappa shape index (κ3) is 10.1. The highest BCUT2D eigenvalue weighted by molar-refractivity contribution is 7.80. The number of methoxy groups -OCH3 is 1. The van der Waals surface area contributed by atoms with E-state index in [2.05, 4.69) is 21.3 Å². The van der Waals surface area contributed by atoms with Gasteiger partial charge in [0.25, 0.3) is 0 Å². The predicted octanol–water partition coefficient (Wildman–Crippen LogP) is 4.01. The van der Waals surface area contributed by atoms with Crippen LogP contribution in [-0.4, -0.2) is 60.2 Å². The maximum Gasteiger partial charge on any atom is 0.243 e. The maximum atomic E-state index is 13.7. The number of anilines is 1.